The maximum absolute atomic E-state index is 13.5. The first-order chi connectivity index (χ1) is 30.3. The van der Waals surface area contributed by atoms with Crippen molar-refractivity contribution in [1.29, 1.82) is 0 Å². The normalized spacial score (nSPS) is 15.5. The van der Waals surface area contributed by atoms with Crippen molar-refractivity contribution in [3.63, 3.8) is 0 Å². The van der Waals surface area contributed by atoms with E-state index >= 15 is 0 Å². The molecule has 9 unspecified atom stereocenters. The van der Waals surface area contributed by atoms with Crippen molar-refractivity contribution in [3.8, 4) is 0 Å². The number of hydrogen-bond donors (Lipinski definition) is 15. The average molecular weight is 933 g/mol. The number of carboxylic acid groups (broad SMARTS) is 1. The Morgan fingerprint density at radius 3 is 0.892 bits per heavy atom. The molecule has 25 nitrogen and oxygen atoms in total. The molecule has 0 aromatic rings. The molecule has 0 spiro atoms. The van der Waals surface area contributed by atoms with Crippen LogP contribution in [0.1, 0.15) is 81.6 Å². The molecule has 0 aromatic carbocycles. The van der Waals surface area contributed by atoms with Gasteiger partial charge in [-0.2, -0.15) is 0 Å². The number of amides is 9. The van der Waals surface area contributed by atoms with Crippen molar-refractivity contribution in [1.82, 2.24) is 47.9 Å². The Morgan fingerprint density at radius 2 is 0.646 bits per heavy atom. The lowest BCUT2D eigenvalue weighted by molar-refractivity contribution is -0.142. The van der Waals surface area contributed by atoms with Gasteiger partial charge in [-0.15, -0.1) is 0 Å². The van der Waals surface area contributed by atoms with E-state index in [2.05, 4.69) is 47.9 Å². The topological polar surface area (TPSA) is 406 Å². The zero-order valence-corrected chi connectivity index (χ0v) is 38.6. The molecule has 9 atom stereocenters. The summed E-state index contributed by atoms with van der Waals surface area (Å²) in [4.78, 5) is 129. The molecule has 0 saturated carbocycles. The number of nitrogens with one attached hydrogen (secondary N) is 9. The van der Waals surface area contributed by atoms with E-state index in [-0.39, 0.29) is 43.6 Å². The number of aliphatic hydroxyl groups excluding tert-OH is 4. The number of nitrogens with two attached hydrogens (primary N) is 1. The minimum absolute atomic E-state index is 0.0424. The second kappa shape index (κ2) is 29.8. The number of carbonyl (C=O) groups excluding carboxylic acids is 9. The number of aliphatic carboxylic acids is 1. The van der Waals surface area contributed by atoms with Crippen molar-refractivity contribution in [2.45, 2.75) is 136 Å². The van der Waals surface area contributed by atoms with Gasteiger partial charge in [-0.25, -0.2) is 0 Å². The molecule has 25 heteroatoms. The van der Waals surface area contributed by atoms with E-state index in [4.69, 9.17) is 10.8 Å². The molecule has 372 valence electrons. The number of hydrogen-bond acceptors (Lipinski definition) is 15. The Balaban J connectivity index is 5.99. The van der Waals surface area contributed by atoms with Gasteiger partial charge in [-0.1, -0.05) is 55.4 Å². The first kappa shape index (κ1) is 59.5. The van der Waals surface area contributed by atoms with Gasteiger partial charge in [-0.05, 0) is 49.9 Å². The van der Waals surface area contributed by atoms with Crippen molar-refractivity contribution < 1.29 is 73.5 Å². The summed E-state index contributed by atoms with van der Waals surface area (Å²) in [6.45, 7) is 10.3. The van der Waals surface area contributed by atoms with E-state index in [1.54, 1.807) is 41.5 Å². The fourth-order valence-corrected chi connectivity index (χ4v) is 5.93. The van der Waals surface area contributed by atoms with Crippen LogP contribution in [0.15, 0.2) is 0 Å². The molecule has 0 bridgehead atoms. The van der Waals surface area contributed by atoms with Crippen LogP contribution in [0.4, 0.5) is 0 Å². The second-order valence-electron chi connectivity index (χ2n) is 17.1. The maximum Gasteiger partial charge on any atom is 0.325 e. The lowest BCUT2D eigenvalue weighted by Crippen LogP contribution is -2.62. The van der Waals surface area contributed by atoms with Gasteiger partial charge in [0.05, 0.1) is 33.0 Å². The molecule has 0 aromatic heterocycles. The highest BCUT2D eigenvalue weighted by Gasteiger charge is 2.35. The summed E-state index contributed by atoms with van der Waals surface area (Å²) in [5, 5.41) is 70.0. The van der Waals surface area contributed by atoms with Crippen LogP contribution in [0.3, 0.4) is 0 Å². The molecule has 0 radical (unpaired) electrons. The monoisotopic (exact) mass is 933 g/mol. The third-order valence-electron chi connectivity index (χ3n) is 9.46. The number of carboxylic acids is 1. The molecule has 65 heavy (non-hydrogen) atoms. The van der Waals surface area contributed by atoms with Gasteiger partial charge in [0, 0.05) is 0 Å². The lowest BCUT2D eigenvalue weighted by atomic mass is 10.00. The molecule has 0 aliphatic rings. The Morgan fingerprint density at radius 1 is 0.385 bits per heavy atom. The van der Waals surface area contributed by atoms with Crippen molar-refractivity contribution >= 4 is 59.1 Å². The third-order valence-corrected chi connectivity index (χ3v) is 9.46. The molecule has 16 N–H and O–H groups in total. The summed E-state index contributed by atoms with van der Waals surface area (Å²) in [6, 6.07) is -13.3. The summed E-state index contributed by atoms with van der Waals surface area (Å²) in [7, 11) is 0. The predicted molar refractivity (Wildman–Crippen MR) is 231 cm³/mol. The van der Waals surface area contributed by atoms with Gasteiger partial charge < -0.3 is 79.1 Å². The first-order valence-corrected chi connectivity index (χ1v) is 21.3. The fraction of sp³-hybridized carbons (Fsp3) is 0.750. The molecule has 0 heterocycles. The average Bonchev–Trinajstić information content (AvgIpc) is 3.22. The quantitative estimate of drug-likeness (QED) is 0.0319. The molecule has 0 rings (SSSR count). The summed E-state index contributed by atoms with van der Waals surface area (Å²) < 4.78 is 0. The zero-order chi connectivity index (χ0) is 50.3. The van der Waals surface area contributed by atoms with Gasteiger partial charge in [0.2, 0.25) is 53.2 Å². The van der Waals surface area contributed by atoms with Crippen LogP contribution in [-0.4, -0.2) is 172 Å². The van der Waals surface area contributed by atoms with Crippen LogP contribution >= 0.6 is 0 Å². The van der Waals surface area contributed by atoms with Crippen LogP contribution in [0.2, 0.25) is 0 Å². The molecule has 0 saturated heterocycles. The minimum atomic E-state index is -1.77. The summed E-state index contributed by atoms with van der Waals surface area (Å²) in [6.07, 6.45) is 0.199. The molecular weight excluding hydrogens is 860 g/mol. The van der Waals surface area contributed by atoms with E-state index in [1.807, 2.05) is 13.8 Å². The lowest BCUT2D eigenvalue weighted by Gasteiger charge is -2.28. The standard InChI is InChI=1S/C40H72N10O15/c1-18(2)10-23(43-30(55)13-41)32(56)44-24(11-19(3)4)33(57)46-27(15-52)36(60)48-26(14-51)35(59)45-25(12-20(5)6)34(58)47-28(16-53)37(61)49-29(17-54)38(62)50-31(21(7)8)39(63)42-22(9)40(64)65/h18-29,31,51-54H,10-17,41H2,1-9H3,(H,42,63)(H,43,55)(H,44,56)(H,45,59)(H,46,57)(H,47,58)(H,48,60)(H,49,61)(H,50,62)(H,64,65). The van der Waals surface area contributed by atoms with Crippen LogP contribution in [-0.2, 0) is 47.9 Å². The van der Waals surface area contributed by atoms with Gasteiger partial charge in [0.1, 0.15) is 54.4 Å². The number of aliphatic hydroxyl groups is 4. The first-order valence-electron chi connectivity index (χ1n) is 21.3. The zero-order valence-electron chi connectivity index (χ0n) is 38.6. The molecule has 9 amide bonds. The van der Waals surface area contributed by atoms with Crippen LogP contribution in [0.5, 0.6) is 0 Å². The Hall–Kier alpha value is -5.50. The van der Waals surface area contributed by atoms with E-state index in [0.29, 0.717) is 0 Å². The minimum Gasteiger partial charge on any atom is -0.480 e. The van der Waals surface area contributed by atoms with Gasteiger partial charge in [-0.3, -0.25) is 47.9 Å². The summed E-state index contributed by atoms with van der Waals surface area (Å²) in [5.74, 6) is -11.0. The molecular formula is C40H72N10O15. The summed E-state index contributed by atoms with van der Waals surface area (Å²) in [5.41, 5.74) is 5.39. The molecule has 0 aliphatic carbocycles. The second-order valence-corrected chi connectivity index (χ2v) is 17.1. The molecule has 0 aliphatic heterocycles. The fourth-order valence-electron chi connectivity index (χ4n) is 5.93. The SMILES string of the molecule is CC(C)CC(NC(=O)CN)C(=O)NC(CC(C)C)C(=O)NC(CO)C(=O)NC(CO)C(=O)NC(CC(C)C)C(=O)NC(CO)C(=O)NC(CO)C(=O)NC(C(=O)NC(C)C(=O)O)C(C)C. The Labute approximate surface area is 378 Å². The van der Waals surface area contributed by atoms with Gasteiger partial charge in [0.25, 0.3) is 0 Å². The van der Waals surface area contributed by atoms with E-state index in [9.17, 15) is 68.4 Å². The predicted octanol–water partition coefficient (Wildman–Crippen LogP) is -5.82. The van der Waals surface area contributed by atoms with Crippen LogP contribution < -0.4 is 53.6 Å². The van der Waals surface area contributed by atoms with Gasteiger partial charge in [0.15, 0.2) is 0 Å². The van der Waals surface area contributed by atoms with E-state index < -0.39 is 146 Å². The highest BCUT2D eigenvalue weighted by molar-refractivity contribution is 5.98. The van der Waals surface area contributed by atoms with Crippen LogP contribution in [0.25, 0.3) is 0 Å². The highest BCUT2D eigenvalue weighted by atomic mass is 16.4. The number of carbonyl (C=O) groups is 10. The molecule has 0 fully saturated rings. The van der Waals surface area contributed by atoms with Crippen molar-refractivity contribution in [2.75, 3.05) is 33.0 Å². The smallest absolute Gasteiger partial charge is 0.325 e. The highest BCUT2D eigenvalue weighted by Crippen LogP contribution is 2.11. The summed E-state index contributed by atoms with van der Waals surface area (Å²) >= 11 is 0. The van der Waals surface area contributed by atoms with Gasteiger partial charge >= 0.3 is 5.97 Å². The van der Waals surface area contributed by atoms with E-state index in [0.717, 1.165) is 0 Å². The van der Waals surface area contributed by atoms with Crippen molar-refractivity contribution in [2.24, 2.45) is 29.4 Å². The maximum atomic E-state index is 13.5. The van der Waals surface area contributed by atoms with Crippen molar-refractivity contribution in [3.05, 3.63) is 0 Å². The third kappa shape index (κ3) is 21.8. The van der Waals surface area contributed by atoms with E-state index in [1.165, 1.54) is 6.92 Å². The number of rotatable bonds is 30. The Bertz CT molecular complexity index is 1630. The Kier molecular flexibility index (Phi) is 27.3. The van der Waals surface area contributed by atoms with Crippen LogP contribution in [0, 0.1) is 23.7 Å². The largest absolute Gasteiger partial charge is 0.480 e.